The fraction of sp³-hybridized carbons (Fsp3) is 0.176. The van der Waals surface area contributed by atoms with Gasteiger partial charge in [0.2, 0.25) is 0 Å². The highest BCUT2D eigenvalue weighted by Crippen LogP contribution is 2.36. The second-order valence-electron chi connectivity index (χ2n) is 5.57. The van der Waals surface area contributed by atoms with Gasteiger partial charge in [-0.1, -0.05) is 11.3 Å². The van der Waals surface area contributed by atoms with Crippen LogP contribution in [-0.2, 0) is 9.84 Å². The van der Waals surface area contributed by atoms with E-state index in [9.17, 15) is 13.2 Å². The predicted octanol–water partition coefficient (Wildman–Crippen LogP) is 3.73. The van der Waals surface area contributed by atoms with Gasteiger partial charge in [0.05, 0.1) is 29.3 Å². The van der Waals surface area contributed by atoms with Gasteiger partial charge < -0.3 is 9.47 Å². The highest BCUT2D eigenvalue weighted by Gasteiger charge is 2.17. The second kappa shape index (κ2) is 7.45. The molecule has 0 spiro atoms. The first-order valence-electron chi connectivity index (χ1n) is 7.56. The molecule has 27 heavy (non-hydrogen) atoms. The summed E-state index contributed by atoms with van der Waals surface area (Å²) in [4.78, 5) is 17.1. The maximum absolute atomic E-state index is 12.6. The number of carbonyl (C=O) groups excluding carboxylic acids is 1. The molecule has 142 valence electrons. The van der Waals surface area contributed by atoms with E-state index >= 15 is 0 Å². The molecule has 3 rings (SSSR count). The topological polar surface area (TPSA) is 94.6 Å². The molecule has 7 nitrogen and oxygen atoms in total. The van der Waals surface area contributed by atoms with Gasteiger partial charge in [0.1, 0.15) is 16.0 Å². The van der Waals surface area contributed by atoms with Crippen LogP contribution in [0.5, 0.6) is 11.5 Å². The standard InChI is InChI=1S/C17H15BrN2O5S2/c1-24-12-6-9(7-13(25-2)15(12)18)16(21)20-17-19-11-5-4-10(27(3,22)23)8-14(11)26-17/h4-8H,1-3H3,(H,19,20,21). The Morgan fingerprint density at radius 3 is 2.33 bits per heavy atom. The van der Waals surface area contributed by atoms with E-state index in [-0.39, 0.29) is 10.8 Å². The Morgan fingerprint density at radius 2 is 1.78 bits per heavy atom. The number of halogens is 1. The van der Waals surface area contributed by atoms with Crippen molar-refractivity contribution in [1.29, 1.82) is 0 Å². The third kappa shape index (κ3) is 4.07. The third-order valence-corrected chi connectivity index (χ3v) is 6.54. The molecule has 0 fully saturated rings. The number of anilines is 1. The number of rotatable bonds is 5. The quantitative estimate of drug-likeness (QED) is 0.610. The number of nitrogens with zero attached hydrogens (tertiary/aromatic N) is 1. The van der Waals surface area contributed by atoms with E-state index in [0.29, 0.717) is 36.9 Å². The summed E-state index contributed by atoms with van der Waals surface area (Å²) in [5, 5.41) is 3.08. The monoisotopic (exact) mass is 470 g/mol. The summed E-state index contributed by atoms with van der Waals surface area (Å²) in [6, 6.07) is 7.81. The summed E-state index contributed by atoms with van der Waals surface area (Å²) in [6.45, 7) is 0. The summed E-state index contributed by atoms with van der Waals surface area (Å²) in [5.41, 5.74) is 0.941. The minimum Gasteiger partial charge on any atom is -0.495 e. The number of thiazole rings is 1. The molecule has 0 atom stereocenters. The van der Waals surface area contributed by atoms with Gasteiger partial charge in [-0.2, -0.15) is 0 Å². The summed E-state index contributed by atoms with van der Waals surface area (Å²) in [6.07, 6.45) is 1.15. The normalized spacial score (nSPS) is 11.4. The van der Waals surface area contributed by atoms with Crippen molar-refractivity contribution in [1.82, 2.24) is 4.98 Å². The van der Waals surface area contributed by atoms with E-state index in [1.807, 2.05) is 0 Å². The molecule has 0 aliphatic rings. The van der Waals surface area contributed by atoms with Gasteiger partial charge >= 0.3 is 0 Å². The maximum atomic E-state index is 12.6. The van der Waals surface area contributed by atoms with Crippen molar-refractivity contribution in [3.8, 4) is 11.5 Å². The zero-order valence-electron chi connectivity index (χ0n) is 14.6. The first kappa shape index (κ1) is 19.6. The van der Waals surface area contributed by atoms with Crippen LogP contribution in [0, 0.1) is 0 Å². The molecule has 2 aromatic carbocycles. The molecule has 1 aromatic heterocycles. The molecular formula is C17H15BrN2O5S2. The summed E-state index contributed by atoms with van der Waals surface area (Å²) in [5.74, 6) is 0.532. The minimum atomic E-state index is -3.31. The largest absolute Gasteiger partial charge is 0.495 e. The van der Waals surface area contributed by atoms with E-state index < -0.39 is 9.84 Å². The van der Waals surface area contributed by atoms with E-state index in [4.69, 9.17) is 9.47 Å². The molecule has 0 saturated heterocycles. The van der Waals surface area contributed by atoms with Crippen LogP contribution in [0.4, 0.5) is 5.13 Å². The number of hydrogen-bond acceptors (Lipinski definition) is 7. The molecule has 0 radical (unpaired) electrons. The van der Waals surface area contributed by atoms with Gasteiger partial charge in [-0.3, -0.25) is 10.1 Å². The van der Waals surface area contributed by atoms with Crippen LogP contribution in [0.25, 0.3) is 10.2 Å². The van der Waals surface area contributed by atoms with E-state index in [0.717, 1.165) is 6.26 Å². The van der Waals surface area contributed by atoms with Gasteiger partial charge in [0, 0.05) is 11.8 Å². The lowest BCUT2D eigenvalue weighted by atomic mass is 10.2. The van der Waals surface area contributed by atoms with Crippen molar-refractivity contribution in [2.45, 2.75) is 4.90 Å². The number of sulfone groups is 1. The lowest BCUT2D eigenvalue weighted by Crippen LogP contribution is -2.12. The van der Waals surface area contributed by atoms with Crippen LogP contribution in [0.15, 0.2) is 39.7 Å². The number of ether oxygens (including phenoxy) is 2. The van der Waals surface area contributed by atoms with Crippen molar-refractivity contribution in [3.05, 3.63) is 40.4 Å². The molecule has 1 heterocycles. The molecule has 0 aliphatic carbocycles. The van der Waals surface area contributed by atoms with E-state index in [1.165, 1.54) is 31.6 Å². The predicted molar refractivity (Wildman–Crippen MR) is 108 cm³/mol. The number of benzene rings is 2. The van der Waals surface area contributed by atoms with E-state index in [1.54, 1.807) is 24.3 Å². The van der Waals surface area contributed by atoms with E-state index in [2.05, 4.69) is 26.2 Å². The lowest BCUT2D eigenvalue weighted by Gasteiger charge is -2.11. The molecule has 0 unspecified atom stereocenters. The van der Waals surface area contributed by atoms with Crippen LogP contribution < -0.4 is 14.8 Å². The van der Waals surface area contributed by atoms with Crippen molar-refractivity contribution >= 4 is 58.4 Å². The first-order valence-corrected chi connectivity index (χ1v) is 11.1. The van der Waals surface area contributed by atoms with Crippen molar-refractivity contribution in [3.63, 3.8) is 0 Å². The number of amides is 1. The van der Waals surface area contributed by atoms with Crippen molar-refractivity contribution in [2.24, 2.45) is 0 Å². The van der Waals surface area contributed by atoms with Gasteiger partial charge in [0.25, 0.3) is 5.91 Å². The SMILES string of the molecule is COc1cc(C(=O)Nc2nc3ccc(S(C)(=O)=O)cc3s2)cc(OC)c1Br. The summed E-state index contributed by atoms with van der Waals surface area (Å²) in [7, 11) is -0.323. The first-order chi connectivity index (χ1) is 12.7. The molecule has 0 aliphatic heterocycles. The Hall–Kier alpha value is -2.17. The Kier molecular flexibility index (Phi) is 5.41. The van der Waals surface area contributed by atoms with Crippen molar-refractivity contribution in [2.75, 3.05) is 25.8 Å². The summed E-state index contributed by atoms with van der Waals surface area (Å²) < 4.78 is 35.1. The third-order valence-electron chi connectivity index (χ3n) is 3.72. The summed E-state index contributed by atoms with van der Waals surface area (Å²) >= 11 is 4.55. The second-order valence-corrected chi connectivity index (χ2v) is 9.41. The molecule has 0 saturated carbocycles. The molecule has 0 bridgehead atoms. The van der Waals surface area contributed by atoms with Crippen molar-refractivity contribution < 1.29 is 22.7 Å². The number of fused-ring (bicyclic) bond motifs is 1. The zero-order valence-corrected chi connectivity index (χ0v) is 17.8. The van der Waals surface area contributed by atoms with Crippen LogP contribution >= 0.6 is 27.3 Å². The zero-order chi connectivity index (χ0) is 19.8. The fourth-order valence-corrected chi connectivity index (χ4v) is 4.53. The highest BCUT2D eigenvalue weighted by atomic mass is 79.9. The molecular weight excluding hydrogens is 456 g/mol. The van der Waals surface area contributed by atoms with Crippen LogP contribution in [0.2, 0.25) is 0 Å². The Morgan fingerprint density at radius 1 is 1.15 bits per heavy atom. The number of nitrogens with one attached hydrogen (secondary N) is 1. The Bertz CT molecular complexity index is 1120. The number of methoxy groups -OCH3 is 2. The fourth-order valence-electron chi connectivity index (χ4n) is 2.36. The van der Waals surface area contributed by atoms with Gasteiger partial charge in [0.15, 0.2) is 15.0 Å². The average molecular weight is 471 g/mol. The lowest BCUT2D eigenvalue weighted by molar-refractivity contribution is 0.102. The average Bonchev–Trinajstić information content (AvgIpc) is 3.02. The van der Waals surface area contributed by atoms with Crippen LogP contribution in [-0.4, -0.2) is 39.8 Å². The molecule has 1 N–H and O–H groups in total. The Labute approximate surface area is 168 Å². The Balaban J connectivity index is 1.92. The number of aromatic nitrogens is 1. The van der Waals surface area contributed by atoms with Gasteiger partial charge in [-0.15, -0.1) is 0 Å². The number of carbonyl (C=O) groups is 1. The molecule has 10 heteroatoms. The van der Waals surface area contributed by atoms with Gasteiger partial charge in [-0.05, 0) is 46.3 Å². The van der Waals surface area contributed by atoms with Crippen LogP contribution in [0.1, 0.15) is 10.4 Å². The molecule has 3 aromatic rings. The highest BCUT2D eigenvalue weighted by molar-refractivity contribution is 9.10. The smallest absolute Gasteiger partial charge is 0.257 e. The number of hydrogen-bond donors (Lipinski definition) is 1. The minimum absolute atomic E-state index is 0.207. The maximum Gasteiger partial charge on any atom is 0.257 e. The van der Waals surface area contributed by atoms with Crippen LogP contribution in [0.3, 0.4) is 0 Å². The van der Waals surface area contributed by atoms with Gasteiger partial charge in [-0.25, -0.2) is 13.4 Å². The molecule has 1 amide bonds.